The van der Waals surface area contributed by atoms with Gasteiger partial charge >= 0.3 is 0 Å². The van der Waals surface area contributed by atoms with Crippen LogP contribution in [0, 0.1) is 11.3 Å². The second-order valence-corrected chi connectivity index (χ2v) is 5.52. The monoisotopic (exact) mass is 293 g/mol. The Bertz CT molecular complexity index is 205. The van der Waals surface area contributed by atoms with E-state index in [0.29, 0.717) is 17.2 Å². The SMILES string of the molecule is O=C(NCCI)C1CC2(CCC2)C1. The lowest BCUT2D eigenvalue weighted by Crippen LogP contribution is -2.49. The minimum atomic E-state index is 0.300. The first-order valence-corrected chi connectivity index (χ1v) is 6.62. The molecule has 0 heterocycles. The van der Waals surface area contributed by atoms with Crippen LogP contribution in [-0.4, -0.2) is 16.9 Å². The predicted octanol–water partition coefficient (Wildman–Crippen LogP) is 2.12. The third kappa shape index (κ3) is 1.85. The zero-order chi connectivity index (χ0) is 9.31. The van der Waals surface area contributed by atoms with Gasteiger partial charge in [-0.15, -0.1) is 0 Å². The molecule has 2 aliphatic carbocycles. The van der Waals surface area contributed by atoms with Crippen LogP contribution >= 0.6 is 22.6 Å². The highest BCUT2D eigenvalue weighted by atomic mass is 127. The summed E-state index contributed by atoms with van der Waals surface area (Å²) in [5.74, 6) is 0.650. The van der Waals surface area contributed by atoms with E-state index in [-0.39, 0.29) is 0 Å². The van der Waals surface area contributed by atoms with E-state index in [9.17, 15) is 4.79 Å². The van der Waals surface area contributed by atoms with Crippen LogP contribution in [0.2, 0.25) is 0 Å². The molecule has 3 heteroatoms. The highest BCUT2D eigenvalue weighted by Gasteiger charge is 2.50. The second-order valence-electron chi connectivity index (χ2n) is 4.44. The van der Waals surface area contributed by atoms with Gasteiger partial charge in [0.05, 0.1) is 0 Å². The van der Waals surface area contributed by atoms with Crippen molar-refractivity contribution in [3.05, 3.63) is 0 Å². The summed E-state index contributed by atoms with van der Waals surface area (Å²) in [5.41, 5.74) is 0.631. The van der Waals surface area contributed by atoms with Crippen molar-refractivity contribution in [2.75, 3.05) is 11.0 Å². The number of hydrogen-bond donors (Lipinski definition) is 1. The third-order valence-electron chi connectivity index (χ3n) is 3.54. The molecule has 2 aliphatic rings. The number of carbonyl (C=O) groups excluding carboxylic acids is 1. The quantitative estimate of drug-likeness (QED) is 0.627. The van der Waals surface area contributed by atoms with Crippen molar-refractivity contribution in [3.63, 3.8) is 0 Å². The number of carbonyl (C=O) groups is 1. The van der Waals surface area contributed by atoms with Gasteiger partial charge in [0.15, 0.2) is 0 Å². The van der Waals surface area contributed by atoms with Crippen molar-refractivity contribution in [3.8, 4) is 0 Å². The summed E-state index contributed by atoms with van der Waals surface area (Å²) < 4.78 is 1.02. The molecule has 0 saturated heterocycles. The maximum absolute atomic E-state index is 11.5. The van der Waals surface area contributed by atoms with E-state index in [1.54, 1.807) is 0 Å². The number of hydrogen-bond acceptors (Lipinski definition) is 1. The van der Waals surface area contributed by atoms with Crippen molar-refractivity contribution in [2.24, 2.45) is 11.3 Å². The Balaban J connectivity index is 1.70. The molecule has 0 aromatic heterocycles. The van der Waals surface area contributed by atoms with E-state index in [4.69, 9.17) is 0 Å². The predicted molar refractivity (Wildman–Crippen MR) is 60.9 cm³/mol. The van der Waals surface area contributed by atoms with Crippen LogP contribution in [0.5, 0.6) is 0 Å². The van der Waals surface area contributed by atoms with E-state index in [0.717, 1.165) is 11.0 Å². The van der Waals surface area contributed by atoms with Gasteiger partial charge in [0.25, 0.3) is 0 Å². The summed E-state index contributed by atoms with van der Waals surface area (Å²) in [5, 5.41) is 2.97. The molecule has 0 radical (unpaired) electrons. The summed E-state index contributed by atoms with van der Waals surface area (Å²) in [6, 6.07) is 0. The molecule has 2 saturated carbocycles. The average Bonchev–Trinajstić information content (AvgIpc) is 1.95. The molecule has 13 heavy (non-hydrogen) atoms. The first-order valence-electron chi connectivity index (χ1n) is 5.09. The number of halogens is 1. The van der Waals surface area contributed by atoms with Gasteiger partial charge in [-0.2, -0.15) is 0 Å². The number of amides is 1. The largest absolute Gasteiger partial charge is 0.355 e. The van der Waals surface area contributed by atoms with Gasteiger partial charge in [0.1, 0.15) is 0 Å². The van der Waals surface area contributed by atoms with Crippen molar-refractivity contribution >= 4 is 28.5 Å². The molecule has 0 atom stereocenters. The molecular weight excluding hydrogens is 277 g/mol. The van der Waals surface area contributed by atoms with Crippen LogP contribution < -0.4 is 5.32 Å². The van der Waals surface area contributed by atoms with Gasteiger partial charge in [-0.25, -0.2) is 0 Å². The Morgan fingerprint density at radius 3 is 2.62 bits per heavy atom. The van der Waals surface area contributed by atoms with Crippen LogP contribution in [0.4, 0.5) is 0 Å². The van der Waals surface area contributed by atoms with E-state index in [2.05, 4.69) is 27.9 Å². The number of alkyl halides is 1. The molecular formula is C10H16INO. The normalized spacial score (nSPS) is 25.0. The molecule has 1 spiro atoms. The van der Waals surface area contributed by atoms with Crippen LogP contribution in [0.1, 0.15) is 32.1 Å². The Kier molecular flexibility index (Phi) is 2.81. The summed E-state index contributed by atoms with van der Waals surface area (Å²) >= 11 is 2.28. The molecule has 0 unspecified atom stereocenters. The second kappa shape index (κ2) is 3.75. The number of rotatable bonds is 3. The van der Waals surface area contributed by atoms with Crippen LogP contribution in [0.3, 0.4) is 0 Å². The first-order chi connectivity index (χ1) is 6.26. The molecule has 1 N–H and O–H groups in total. The lowest BCUT2D eigenvalue weighted by Gasteiger charge is -2.53. The van der Waals surface area contributed by atoms with Gasteiger partial charge in [-0.05, 0) is 31.1 Å². The lowest BCUT2D eigenvalue weighted by atomic mass is 9.51. The summed E-state index contributed by atoms with van der Waals surface area (Å²) in [6.45, 7) is 0.836. The van der Waals surface area contributed by atoms with Crippen LogP contribution in [-0.2, 0) is 4.79 Å². The van der Waals surface area contributed by atoms with Gasteiger partial charge in [0, 0.05) is 16.9 Å². The van der Waals surface area contributed by atoms with Gasteiger partial charge < -0.3 is 5.32 Å². The van der Waals surface area contributed by atoms with Crippen molar-refractivity contribution in [1.82, 2.24) is 5.32 Å². The Morgan fingerprint density at radius 1 is 1.46 bits per heavy atom. The first kappa shape index (κ1) is 9.74. The van der Waals surface area contributed by atoms with Crippen LogP contribution in [0.25, 0.3) is 0 Å². The van der Waals surface area contributed by atoms with Crippen molar-refractivity contribution < 1.29 is 4.79 Å². The van der Waals surface area contributed by atoms with Crippen LogP contribution in [0.15, 0.2) is 0 Å². The third-order valence-corrected chi connectivity index (χ3v) is 4.08. The molecule has 0 aromatic carbocycles. The highest BCUT2D eigenvalue weighted by molar-refractivity contribution is 14.1. The molecule has 1 amide bonds. The molecule has 74 valence electrons. The molecule has 0 aromatic rings. The fourth-order valence-electron chi connectivity index (χ4n) is 2.57. The smallest absolute Gasteiger partial charge is 0.223 e. The number of nitrogens with one attached hydrogen (secondary N) is 1. The molecule has 0 bridgehead atoms. The minimum Gasteiger partial charge on any atom is -0.355 e. The van der Waals surface area contributed by atoms with E-state index < -0.39 is 0 Å². The fraction of sp³-hybridized carbons (Fsp3) is 0.900. The fourth-order valence-corrected chi connectivity index (χ4v) is 2.84. The Morgan fingerprint density at radius 2 is 2.15 bits per heavy atom. The standard InChI is InChI=1S/C10H16INO/c11-4-5-12-9(13)8-6-10(7-8)2-1-3-10/h8H,1-7H2,(H,12,13). The Hall–Kier alpha value is 0.200. The zero-order valence-corrected chi connectivity index (χ0v) is 9.97. The summed E-state index contributed by atoms with van der Waals surface area (Å²) in [4.78, 5) is 11.5. The zero-order valence-electron chi connectivity index (χ0n) is 7.81. The molecule has 2 rings (SSSR count). The Labute approximate surface area is 93.0 Å². The van der Waals surface area contributed by atoms with E-state index in [1.807, 2.05) is 0 Å². The highest BCUT2D eigenvalue weighted by Crippen LogP contribution is 2.58. The summed E-state index contributed by atoms with van der Waals surface area (Å²) in [7, 11) is 0. The lowest BCUT2D eigenvalue weighted by molar-refractivity contribution is -0.136. The van der Waals surface area contributed by atoms with E-state index >= 15 is 0 Å². The molecule has 0 aliphatic heterocycles. The van der Waals surface area contributed by atoms with Gasteiger partial charge in [-0.1, -0.05) is 29.0 Å². The molecule has 2 nitrogen and oxygen atoms in total. The topological polar surface area (TPSA) is 29.1 Å². The van der Waals surface area contributed by atoms with Gasteiger partial charge in [-0.3, -0.25) is 4.79 Å². The molecule has 2 fully saturated rings. The van der Waals surface area contributed by atoms with Crippen molar-refractivity contribution in [1.29, 1.82) is 0 Å². The van der Waals surface area contributed by atoms with E-state index in [1.165, 1.54) is 32.1 Å². The average molecular weight is 293 g/mol. The van der Waals surface area contributed by atoms with Gasteiger partial charge in [0.2, 0.25) is 5.91 Å². The van der Waals surface area contributed by atoms with Crippen molar-refractivity contribution in [2.45, 2.75) is 32.1 Å². The maximum Gasteiger partial charge on any atom is 0.223 e. The minimum absolute atomic E-state index is 0.300. The summed E-state index contributed by atoms with van der Waals surface area (Å²) in [6.07, 6.45) is 6.48. The maximum atomic E-state index is 11.5.